The van der Waals surface area contributed by atoms with Gasteiger partial charge in [-0.3, -0.25) is 0 Å². The van der Waals surface area contributed by atoms with Crippen molar-refractivity contribution in [1.29, 1.82) is 0 Å². The maximum Gasteiger partial charge on any atom is 0.416 e. The van der Waals surface area contributed by atoms with Gasteiger partial charge in [0.1, 0.15) is 0 Å². The van der Waals surface area contributed by atoms with Crippen LogP contribution in [0.15, 0.2) is 24.3 Å². The first-order valence-electron chi connectivity index (χ1n) is 5.48. The average molecular weight is 229 g/mol. The minimum absolute atomic E-state index is 0.219. The van der Waals surface area contributed by atoms with Crippen LogP contribution in [0.4, 0.5) is 13.2 Å². The van der Waals surface area contributed by atoms with Gasteiger partial charge in [-0.1, -0.05) is 18.6 Å². The molecule has 16 heavy (non-hydrogen) atoms. The molecule has 1 atom stereocenters. The van der Waals surface area contributed by atoms with Crippen LogP contribution >= 0.6 is 0 Å². The monoisotopic (exact) mass is 229 g/mol. The fourth-order valence-electron chi connectivity index (χ4n) is 2.04. The van der Waals surface area contributed by atoms with Crippen LogP contribution < -0.4 is 5.32 Å². The Morgan fingerprint density at radius 3 is 2.25 bits per heavy atom. The van der Waals surface area contributed by atoms with Crippen LogP contribution in [0.5, 0.6) is 0 Å². The first-order valence-corrected chi connectivity index (χ1v) is 5.48. The van der Waals surface area contributed by atoms with Crippen molar-refractivity contribution in [3.05, 3.63) is 35.4 Å². The zero-order valence-corrected chi connectivity index (χ0v) is 8.85. The number of benzene rings is 1. The summed E-state index contributed by atoms with van der Waals surface area (Å²) in [5.41, 5.74) is 0.375. The molecule has 1 aliphatic heterocycles. The van der Waals surface area contributed by atoms with Gasteiger partial charge in [-0.05, 0) is 37.1 Å². The van der Waals surface area contributed by atoms with Crippen molar-refractivity contribution < 1.29 is 13.2 Å². The van der Waals surface area contributed by atoms with E-state index in [-0.39, 0.29) is 6.04 Å². The summed E-state index contributed by atoms with van der Waals surface area (Å²) in [6, 6.07) is 5.69. The molecule has 0 aliphatic carbocycles. The normalized spacial score (nSPS) is 22.1. The molecular weight excluding hydrogens is 215 g/mol. The quantitative estimate of drug-likeness (QED) is 0.776. The van der Waals surface area contributed by atoms with Crippen molar-refractivity contribution in [3.8, 4) is 0 Å². The molecule has 0 bridgehead atoms. The summed E-state index contributed by atoms with van der Waals surface area (Å²) >= 11 is 0. The van der Waals surface area contributed by atoms with Crippen molar-refractivity contribution in [2.24, 2.45) is 0 Å². The van der Waals surface area contributed by atoms with Gasteiger partial charge in [0.25, 0.3) is 0 Å². The highest BCUT2D eigenvalue weighted by atomic mass is 19.4. The molecule has 4 heteroatoms. The number of halogens is 3. The zero-order valence-electron chi connectivity index (χ0n) is 8.85. The van der Waals surface area contributed by atoms with Gasteiger partial charge in [-0.25, -0.2) is 0 Å². The van der Waals surface area contributed by atoms with Gasteiger partial charge < -0.3 is 5.32 Å². The molecule has 0 spiro atoms. The molecule has 0 saturated carbocycles. The molecule has 0 aromatic heterocycles. The molecule has 1 aromatic carbocycles. The highest BCUT2D eigenvalue weighted by Gasteiger charge is 2.30. The van der Waals surface area contributed by atoms with E-state index < -0.39 is 11.7 Å². The third-order valence-corrected chi connectivity index (χ3v) is 2.95. The van der Waals surface area contributed by atoms with Crippen LogP contribution in [0, 0.1) is 0 Å². The van der Waals surface area contributed by atoms with E-state index in [4.69, 9.17) is 0 Å². The van der Waals surface area contributed by atoms with Gasteiger partial charge in [0.05, 0.1) is 5.56 Å². The molecule has 2 rings (SSSR count). The second-order valence-electron chi connectivity index (χ2n) is 4.12. The molecule has 0 unspecified atom stereocenters. The summed E-state index contributed by atoms with van der Waals surface area (Å²) in [4.78, 5) is 0. The molecule has 1 heterocycles. The van der Waals surface area contributed by atoms with Crippen LogP contribution in [-0.2, 0) is 6.18 Å². The second-order valence-corrected chi connectivity index (χ2v) is 4.12. The summed E-state index contributed by atoms with van der Waals surface area (Å²) in [5.74, 6) is 0. The van der Waals surface area contributed by atoms with E-state index in [0.29, 0.717) is 0 Å². The van der Waals surface area contributed by atoms with Crippen molar-refractivity contribution in [3.63, 3.8) is 0 Å². The lowest BCUT2D eigenvalue weighted by Gasteiger charge is -2.24. The summed E-state index contributed by atoms with van der Waals surface area (Å²) in [5, 5.41) is 3.31. The summed E-state index contributed by atoms with van der Waals surface area (Å²) in [6.45, 7) is 0.950. The molecule has 1 nitrogen and oxygen atoms in total. The first-order chi connectivity index (χ1) is 7.57. The lowest BCUT2D eigenvalue weighted by atomic mass is 9.97. The lowest BCUT2D eigenvalue weighted by molar-refractivity contribution is -0.137. The Kier molecular flexibility index (Phi) is 3.19. The standard InChI is InChI=1S/C12H14F3N/c13-12(14,15)10-6-4-9(5-7-10)11-3-1-2-8-16-11/h4-7,11,16H,1-3,8H2/t11-/m0/s1. The Morgan fingerprint density at radius 1 is 1.06 bits per heavy atom. The number of hydrogen-bond donors (Lipinski definition) is 1. The topological polar surface area (TPSA) is 12.0 Å². The van der Waals surface area contributed by atoms with E-state index in [1.54, 1.807) is 12.1 Å². The fourth-order valence-corrected chi connectivity index (χ4v) is 2.04. The third kappa shape index (κ3) is 2.55. The number of piperidine rings is 1. The fraction of sp³-hybridized carbons (Fsp3) is 0.500. The maximum atomic E-state index is 12.3. The average Bonchev–Trinajstić information content (AvgIpc) is 2.29. The summed E-state index contributed by atoms with van der Waals surface area (Å²) in [7, 11) is 0. The largest absolute Gasteiger partial charge is 0.416 e. The Hall–Kier alpha value is -1.03. The van der Waals surface area contributed by atoms with Gasteiger partial charge in [0.2, 0.25) is 0 Å². The molecular formula is C12H14F3N. The van der Waals surface area contributed by atoms with Crippen molar-refractivity contribution in [2.75, 3.05) is 6.54 Å². The maximum absolute atomic E-state index is 12.3. The van der Waals surface area contributed by atoms with E-state index in [1.807, 2.05) is 0 Å². The highest BCUT2D eigenvalue weighted by molar-refractivity contribution is 5.27. The lowest BCUT2D eigenvalue weighted by Crippen LogP contribution is -2.26. The third-order valence-electron chi connectivity index (χ3n) is 2.95. The minimum atomic E-state index is -4.24. The number of nitrogens with one attached hydrogen (secondary N) is 1. The Morgan fingerprint density at radius 2 is 1.75 bits per heavy atom. The van der Waals surface area contributed by atoms with E-state index in [1.165, 1.54) is 0 Å². The van der Waals surface area contributed by atoms with Crippen molar-refractivity contribution in [2.45, 2.75) is 31.5 Å². The van der Waals surface area contributed by atoms with E-state index in [2.05, 4.69) is 5.32 Å². The van der Waals surface area contributed by atoms with Gasteiger partial charge in [-0.15, -0.1) is 0 Å². The minimum Gasteiger partial charge on any atom is -0.310 e. The van der Waals surface area contributed by atoms with Gasteiger partial charge in [0.15, 0.2) is 0 Å². The van der Waals surface area contributed by atoms with Crippen molar-refractivity contribution in [1.82, 2.24) is 5.32 Å². The van der Waals surface area contributed by atoms with Gasteiger partial charge in [0, 0.05) is 6.04 Å². The Labute approximate surface area is 92.7 Å². The van der Waals surface area contributed by atoms with Crippen LogP contribution in [-0.4, -0.2) is 6.54 Å². The highest BCUT2D eigenvalue weighted by Crippen LogP contribution is 2.31. The smallest absolute Gasteiger partial charge is 0.310 e. The molecule has 88 valence electrons. The number of rotatable bonds is 1. The molecule has 1 aromatic rings. The zero-order chi connectivity index (χ0) is 11.6. The predicted molar refractivity (Wildman–Crippen MR) is 56.0 cm³/mol. The SMILES string of the molecule is FC(F)(F)c1ccc([C@@H]2CCCCN2)cc1. The molecule has 0 amide bonds. The number of hydrogen-bond acceptors (Lipinski definition) is 1. The second kappa shape index (κ2) is 4.45. The van der Waals surface area contributed by atoms with Gasteiger partial charge >= 0.3 is 6.18 Å². The molecule has 1 N–H and O–H groups in total. The Bertz CT molecular complexity index is 336. The van der Waals surface area contributed by atoms with Crippen LogP contribution in [0.1, 0.15) is 36.4 Å². The Balaban J connectivity index is 2.12. The first kappa shape index (κ1) is 11.5. The summed E-state index contributed by atoms with van der Waals surface area (Å²) in [6.07, 6.45) is -0.945. The van der Waals surface area contributed by atoms with Crippen LogP contribution in [0.3, 0.4) is 0 Å². The molecule has 0 radical (unpaired) electrons. The van der Waals surface area contributed by atoms with Crippen molar-refractivity contribution >= 4 is 0 Å². The van der Waals surface area contributed by atoms with Crippen LogP contribution in [0.2, 0.25) is 0 Å². The molecule has 1 saturated heterocycles. The van der Waals surface area contributed by atoms with E-state index in [9.17, 15) is 13.2 Å². The molecule has 1 aliphatic rings. The number of alkyl halides is 3. The van der Waals surface area contributed by atoms with E-state index in [0.717, 1.165) is 43.5 Å². The van der Waals surface area contributed by atoms with Crippen LogP contribution in [0.25, 0.3) is 0 Å². The van der Waals surface area contributed by atoms with E-state index >= 15 is 0 Å². The van der Waals surface area contributed by atoms with Gasteiger partial charge in [-0.2, -0.15) is 13.2 Å². The predicted octanol–water partition coefficient (Wildman–Crippen LogP) is 3.52. The molecule has 1 fully saturated rings. The summed E-state index contributed by atoms with van der Waals surface area (Å²) < 4.78 is 37.0.